The zero-order chi connectivity index (χ0) is 13.2. The first-order chi connectivity index (χ1) is 9.24. The van der Waals surface area contributed by atoms with Gasteiger partial charge in [-0.1, -0.05) is 12.8 Å². The summed E-state index contributed by atoms with van der Waals surface area (Å²) in [5.41, 5.74) is 6.53. The molecule has 1 amide bonds. The fourth-order valence-electron chi connectivity index (χ4n) is 2.60. The number of nitrogen functional groups attached to an aromatic ring is 1. The minimum Gasteiger partial charge on any atom is -0.399 e. The minimum absolute atomic E-state index is 0.182. The monoisotopic (exact) mass is 274 g/mol. The number of anilines is 1. The number of nitrogens with zero attached hydrogens (tertiary/aromatic N) is 1. The Labute approximate surface area is 117 Å². The summed E-state index contributed by atoms with van der Waals surface area (Å²) in [7, 11) is 0. The van der Waals surface area contributed by atoms with E-state index in [4.69, 9.17) is 5.73 Å². The van der Waals surface area contributed by atoms with Crippen LogP contribution in [0.4, 0.5) is 5.69 Å². The minimum atomic E-state index is 0.182. The fraction of sp³-hybridized carbons (Fsp3) is 0.400. The van der Waals surface area contributed by atoms with E-state index in [1.807, 2.05) is 29.2 Å². The predicted octanol–water partition coefficient (Wildman–Crippen LogP) is 3.50. The van der Waals surface area contributed by atoms with Crippen molar-refractivity contribution < 1.29 is 4.79 Å². The lowest BCUT2D eigenvalue weighted by Gasteiger charge is -2.19. The van der Waals surface area contributed by atoms with Crippen LogP contribution >= 0.6 is 11.3 Å². The smallest absolute Gasteiger partial charge is 0.263 e. The van der Waals surface area contributed by atoms with Crippen LogP contribution < -0.4 is 5.73 Å². The average molecular weight is 274 g/mol. The van der Waals surface area contributed by atoms with Crippen molar-refractivity contribution in [1.29, 1.82) is 0 Å². The van der Waals surface area contributed by atoms with E-state index in [2.05, 4.69) is 0 Å². The van der Waals surface area contributed by atoms with Crippen molar-refractivity contribution in [3.63, 3.8) is 0 Å². The first-order valence-electron chi connectivity index (χ1n) is 6.82. The Kier molecular flexibility index (Phi) is 3.42. The van der Waals surface area contributed by atoms with E-state index >= 15 is 0 Å². The fourth-order valence-corrected chi connectivity index (χ4v) is 3.61. The summed E-state index contributed by atoms with van der Waals surface area (Å²) in [5, 5.41) is 1.07. The van der Waals surface area contributed by atoms with Crippen molar-refractivity contribution in [2.75, 3.05) is 18.8 Å². The molecule has 0 unspecified atom stereocenters. The highest BCUT2D eigenvalue weighted by molar-refractivity contribution is 7.20. The molecule has 2 heterocycles. The number of hydrogen-bond donors (Lipinski definition) is 1. The molecule has 1 aromatic carbocycles. The number of benzene rings is 1. The zero-order valence-corrected chi connectivity index (χ0v) is 11.7. The Morgan fingerprint density at radius 1 is 1.11 bits per heavy atom. The summed E-state index contributed by atoms with van der Waals surface area (Å²) < 4.78 is 1.13. The summed E-state index contributed by atoms with van der Waals surface area (Å²) in [6.07, 6.45) is 4.74. The molecule has 0 atom stereocenters. The number of rotatable bonds is 1. The molecule has 0 spiro atoms. The molecule has 1 aliphatic heterocycles. The second-order valence-electron chi connectivity index (χ2n) is 5.11. The SMILES string of the molecule is Nc1ccc2sc(C(=O)N3CCCCCC3)cc2c1. The summed E-state index contributed by atoms with van der Waals surface area (Å²) in [5.74, 6) is 0.182. The molecule has 0 aliphatic carbocycles. The van der Waals surface area contributed by atoms with Gasteiger partial charge in [0.2, 0.25) is 0 Å². The second kappa shape index (κ2) is 5.21. The molecular formula is C15H18N2OS. The van der Waals surface area contributed by atoms with E-state index in [0.29, 0.717) is 0 Å². The molecule has 2 N–H and O–H groups in total. The van der Waals surface area contributed by atoms with Gasteiger partial charge < -0.3 is 10.6 Å². The molecule has 3 nitrogen and oxygen atoms in total. The third-order valence-corrected chi connectivity index (χ3v) is 4.75. The number of likely N-dealkylation sites (tertiary alicyclic amines) is 1. The van der Waals surface area contributed by atoms with Crippen LogP contribution in [-0.4, -0.2) is 23.9 Å². The lowest BCUT2D eigenvalue weighted by atomic mass is 10.2. The van der Waals surface area contributed by atoms with Crippen molar-refractivity contribution >= 4 is 33.0 Å². The van der Waals surface area contributed by atoms with Crippen LogP contribution in [0.1, 0.15) is 35.4 Å². The lowest BCUT2D eigenvalue weighted by Crippen LogP contribution is -2.31. The maximum Gasteiger partial charge on any atom is 0.263 e. The van der Waals surface area contributed by atoms with Gasteiger partial charge in [0.15, 0.2) is 0 Å². The maximum atomic E-state index is 12.5. The van der Waals surface area contributed by atoms with Gasteiger partial charge in [0.1, 0.15) is 0 Å². The number of carbonyl (C=O) groups excluding carboxylic acids is 1. The van der Waals surface area contributed by atoms with Crippen LogP contribution in [-0.2, 0) is 0 Å². The van der Waals surface area contributed by atoms with Crippen LogP contribution in [0.2, 0.25) is 0 Å². The molecule has 3 rings (SSSR count). The molecular weight excluding hydrogens is 256 g/mol. The van der Waals surface area contributed by atoms with Gasteiger partial charge in [-0.15, -0.1) is 11.3 Å². The number of carbonyl (C=O) groups is 1. The van der Waals surface area contributed by atoms with Crippen molar-refractivity contribution in [2.24, 2.45) is 0 Å². The van der Waals surface area contributed by atoms with Crippen LogP contribution in [0.5, 0.6) is 0 Å². The van der Waals surface area contributed by atoms with Crippen LogP contribution in [0.3, 0.4) is 0 Å². The molecule has 0 radical (unpaired) electrons. The van der Waals surface area contributed by atoms with Crippen molar-refractivity contribution in [1.82, 2.24) is 4.90 Å². The Hall–Kier alpha value is -1.55. The molecule has 1 saturated heterocycles. The first kappa shape index (κ1) is 12.5. The van der Waals surface area contributed by atoms with Gasteiger partial charge in [-0.05, 0) is 42.5 Å². The summed E-state index contributed by atoms with van der Waals surface area (Å²) in [4.78, 5) is 15.3. The summed E-state index contributed by atoms with van der Waals surface area (Å²) in [6.45, 7) is 1.80. The molecule has 100 valence electrons. The van der Waals surface area contributed by atoms with Gasteiger partial charge in [0.05, 0.1) is 4.88 Å². The number of hydrogen-bond acceptors (Lipinski definition) is 3. The molecule has 0 bridgehead atoms. The Morgan fingerprint density at radius 3 is 2.58 bits per heavy atom. The number of nitrogens with two attached hydrogens (primary N) is 1. The van der Waals surface area contributed by atoms with Gasteiger partial charge in [0, 0.05) is 23.5 Å². The molecule has 2 aromatic rings. The van der Waals surface area contributed by atoms with Gasteiger partial charge in [-0.2, -0.15) is 0 Å². The van der Waals surface area contributed by atoms with Crippen molar-refractivity contribution in [3.05, 3.63) is 29.1 Å². The van der Waals surface area contributed by atoms with E-state index in [1.165, 1.54) is 12.8 Å². The molecule has 1 aromatic heterocycles. The molecule has 0 saturated carbocycles. The number of amides is 1. The summed E-state index contributed by atoms with van der Waals surface area (Å²) >= 11 is 1.57. The number of fused-ring (bicyclic) bond motifs is 1. The van der Waals surface area contributed by atoms with Crippen molar-refractivity contribution in [3.8, 4) is 0 Å². The topological polar surface area (TPSA) is 46.3 Å². The largest absolute Gasteiger partial charge is 0.399 e. The van der Waals surface area contributed by atoms with E-state index in [1.54, 1.807) is 11.3 Å². The Morgan fingerprint density at radius 2 is 1.84 bits per heavy atom. The highest BCUT2D eigenvalue weighted by Gasteiger charge is 2.19. The van der Waals surface area contributed by atoms with Gasteiger partial charge in [-0.3, -0.25) is 4.79 Å². The third-order valence-electron chi connectivity index (χ3n) is 3.64. The van der Waals surface area contributed by atoms with Crippen LogP contribution in [0, 0.1) is 0 Å². The van der Waals surface area contributed by atoms with E-state index in [-0.39, 0.29) is 5.91 Å². The normalized spacial score (nSPS) is 16.5. The molecule has 1 aliphatic rings. The second-order valence-corrected chi connectivity index (χ2v) is 6.20. The van der Waals surface area contributed by atoms with E-state index in [0.717, 1.165) is 46.6 Å². The van der Waals surface area contributed by atoms with Crippen molar-refractivity contribution in [2.45, 2.75) is 25.7 Å². The van der Waals surface area contributed by atoms with Gasteiger partial charge in [0.25, 0.3) is 5.91 Å². The van der Waals surface area contributed by atoms with Gasteiger partial charge in [-0.25, -0.2) is 0 Å². The molecule has 4 heteroatoms. The standard InChI is InChI=1S/C15H18N2OS/c16-12-5-6-13-11(9-12)10-14(19-13)15(18)17-7-3-1-2-4-8-17/h5-6,9-10H,1-4,7-8,16H2. The van der Waals surface area contributed by atoms with Crippen LogP contribution in [0.25, 0.3) is 10.1 Å². The number of thiophene rings is 1. The van der Waals surface area contributed by atoms with Crippen LogP contribution in [0.15, 0.2) is 24.3 Å². The quantitative estimate of drug-likeness (QED) is 0.809. The zero-order valence-electron chi connectivity index (χ0n) is 10.9. The van der Waals surface area contributed by atoms with E-state index < -0.39 is 0 Å². The predicted molar refractivity (Wildman–Crippen MR) is 80.6 cm³/mol. The molecule has 1 fully saturated rings. The highest BCUT2D eigenvalue weighted by atomic mass is 32.1. The highest BCUT2D eigenvalue weighted by Crippen LogP contribution is 2.28. The van der Waals surface area contributed by atoms with Gasteiger partial charge >= 0.3 is 0 Å². The van der Waals surface area contributed by atoms with E-state index in [9.17, 15) is 4.79 Å². The maximum absolute atomic E-state index is 12.5. The first-order valence-corrected chi connectivity index (χ1v) is 7.64. The Balaban J connectivity index is 1.88. The lowest BCUT2D eigenvalue weighted by molar-refractivity contribution is 0.0766. The average Bonchev–Trinajstić information content (AvgIpc) is 2.64. The summed E-state index contributed by atoms with van der Waals surface area (Å²) in [6, 6.07) is 7.79. The third kappa shape index (κ3) is 2.59. The Bertz CT molecular complexity index is 597. The molecule has 19 heavy (non-hydrogen) atoms.